The molecule has 1 aromatic carbocycles. The molecule has 2 amide bonds. The number of amides is 2. The molecule has 108 valence electrons. The molecule has 1 aliphatic heterocycles. The summed E-state index contributed by atoms with van der Waals surface area (Å²) in [7, 11) is 1.59. The Morgan fingerprint density at radius 3 is 2.90 bits per heavy atom. The molecule has 0 saturated carbocycles. The van der Waals surface area contributed by atoms with Crippen molar-refractivity contribution >= 4 is 11.8 Å². The highest BCUT2D eigenvalue weighted by Gasteiger charge is 2.31. The van der Waals surface area contributed by atoms with Crippen molar-refractivity contribution in [2.45, 2.75) is 31.7 Å². The number of benzene rings is 1. The molecular formula is C15H20N2O3. The van der Waals surface area contributed by atoms with Crippen molar-refractivity contribution < 1.29 is 14.7 Å². The third-order valence-corrected chi connectivity index (χ3v) is 3.64. The van der Waals surface area contributed by atoms with Crippen LogP contribution in [0.2, 0.25) is 0 Å². The van der Waals surface area contributed by atoms with Gasteiger partial charge in [0, 0.05) is 13.6 Å². The van der Waals surface area contributed by atoms with Crippen molar-refractivity contribution in [1.29, 1.82) is 0 Å². The van der Waals surface area contributed by atoms with E-state index in [1.54, 1.807) is 36.2 Å². The number of likely N-dealkylation sites (tertiary alicyclic amines) is 1. The van der Waals surface area contributed by atoms with E-state index in [2.05, 4.69) is 5.32 Å². The van der Waals surface area contributed by atoms with Gasteiger partial charge in [-0.05, 0) is 37.0 Å². The van der Waals surface area contributed by atoms with E-state index < -0.39 is 0 Å². The van der Waals surface area contributed by atoms with Gasteiger partial charge >= 0.3 is 0 Å². The number of carbonyl (C=O) groups is 2. The summed E-state index contributed by atoms with van der Waals surface area (Å²) < 4.78 is 0. The number of aromatic hydroxyl groups is 1. The minimum Gasteiger partial charge on any atom is -0.508 e. The molecule has 5 nitrogen and oxygen atoms in total. The second kappa shape index (κ2) is 6.41. The van der Waals surface area contributed by atoms with Crippen LogP contribution in [0.1, 0.15) is 24.8 Å². The Morgan fingerprint density at radius 2 is 2.20 bits per heavy atom. The Kier molecular flexibility index (Phi) is 4.61. The third kappa shape index (κ3) is 3.29. The van der Waals surface area contributed by atoms with E-state index in [4.69, 9.17) is 0 Å². The molecule has 0 aromatic heterocycles. The number of nitrogens with one attached hydrogen (secondary N) is 1. The molecule has 2 rings (SSSR count). The van der Waals surface area contributed by atoms with Crippen molar-refractivity contribution in [2.75, 3.05) is 13.6 Å². The van der Waals surface area contributed by atoms with E-state index in [9.17, 15) is 14.7 Å². The molecule has 1 atom stereocenters. The van der Waals surface area contributed by atoms with E-state index >= 15 is 0 Å². The van der Waals surface area contributed by atoms with Crippen molar-refractivity contribution in [1.82, 2.24) is 10.2 Å². The van der Waals surface area contributed by atoms with Gasteiger partial charge in [0.2, 0.25) is 11.8 Å². The minimum atomic E-state index is -0.362. The molecule has 1 aliphatic rings. The van der Waals surface area contributed by atoms with Crippen LogP contribution in [-0.4, -0.2) is 41.5 Å². The van der Waals surface area contributed by atoms with Gasteiger partial charge < -0.3 is 15.3 Å². The molecule has 5 heteroatoms. The molecule has 0 aliphatic carbocycles. The average Bonchev–Trinajstić information content (AvgIpc) is 2.46. The van der Waals surface area contributed by atoms with Crippen LogP contribution in [-0.2, 0) is 16.0 Å². The Bertz CT molecular complexity index is 502. The van der Waals surface area contributed by atoms with Crippen LogP contribution >= 0.6 is 0 Å². The molecule has 1 fully saturated rings. The minimum absolute atomic E-state index is 0.0658. The molecule has 0 bridgehead atoms. The van der Waals surface area contributed by atoms with Crippen LogP contribution in [0.25, 0.3) is 0 Å². The monoisotopic (exact) mass is 276 g/mol. The lowest BCUT2D eigenvalue weighted by atomic mass is 10.00. The van der Waals surface area contributed by atoms with Gasteiger partial charge in [0.25, 0.3) is 0 Å². The van der Waals surface area contributed by atoms with Crippen LogP contribution in [0, 0.1) is 0 Å². The fourth-order valence-electron chi connectivity index (χ4n) is 2.61. The molecule has 1 aromatic rings. The molecule has 0 radical (unpaired) electrons. The van der Waals surface area contributed by atoms with Gasteiger partial charge in [0.05, 0.1) is 6.42 Å². The lowest BCUT2D eigenvalue weighted by molar-refractivity contribution is -0.141. The van der Waals surface area contributed by atoms with Gasteiger partial charge in [-0.3, -0.25) is 9.59 Å². The largest absolute Gasteiger partial charge is 0.508 e. The van der Waals surface area contributed by atoms with Gasteiger partial charge in [0.15, 0.2) is 0 Å². The van der Waals surface area contributed by atoms with Crippen LogP contribution < -0.4 is 5.32 Å². The number of phenolic OH excluding ortho intramolecular Hbond substituents is 1. The van der Waals surface area contributed by atoms with Crippen LogP contribution in [0.5, 0.6) is 5.75 Å². The number of phenols is 1. The maximum absolute atomic E-state index is 12.4. The summed E-state index contributed by atoms with van der Waals surface area (Å²) >= 11 is 0. The zero-order valence-corrected chi connectivity index (χ0v) is 11.6. The Labute approximate surface area is 118 Å². The van der Waals surface area contributed by atoms with Gasteiger partial charge in [0.1, 0.15) is 11.8 Å². The Morgan fingerprint density at radius 1 is 1.40 bits per heavy atom. The molecule has 0 spiro atoms. The van der Waals surface area contributed by atoms with E-state index in [0.29, 0.717) is 13.0 Å². The zero-order valence-electron chi connectivity index (χ0n) is 11.6. The highest BCUT2D eigenvalue weighted by Crippen LogP contribution is 2.19. The summed E-state index contributed by atoms with van der Waals surface area (Å²) in [5, 5.41) is 12.0. The number of nitrogens with zero attached hydrogens (tertiary/aromatic N) is 1. The predicted molar refractivity (Wildman–Crippen MR) is 75.2 cm³/mol. The summed E-state index contributed by atoms with van der Waals surface area (Å²) in [5.41, 5.74) is 0.760. The summed E-state index contributed by atoms with van der Waals surface area (Å²) in [5.74, 6) is -0.0188. The predicted octanol–water partition coefficient (Wildman–Crippen LogP) is 1.06. The first-order valence-corrected chi connectivity index (χ1v) is 6.91. The average molecular weight is 276 g/mol. The van der Waals surface area contributed by atoms with Crippen molar-refractivity contribution in [2.24, 2.45) is 0 Å². The van der Waals surface area contributed by atoms with Gasteiger partial charge in [-0.1, -0.05) is 12.1 Å². The number of rotatable bonds is 3. The number of likely N-dealkylation sites (N-methyl/N-ethyl adjacent to an activating group) is 1. The highest BCUT2D eigenvalue weighted by atomic mass is 16.3. The summed E-state index contributed by atoms with van der Waals surface area (Å²) in [6.07, 6.45) is 2.82. The van der Waals surface area contributed by atoms with Crippen LogP contribution in [0.3, 0.4) is 0 Å². The number of hydrogen-bond acceptors (Lipinski definition) is 3. The first kappa shape index (κ1) is 14.4. The molecule has 1 heterocycles. The van der Waals surface area contributed by atoms with Crippen LogP contribution in [0.4, 0.5) is 0 Å². The van der Waals surface area contributed by atoms with Crippen molar-refractivity contribution in [3.8, 4) is 5.75 Å². The lowest BCUT2D eigenvalue weighted by Gasteiger charge is -2.34. The maximum Gasteiger partial charge on any atom is 0.242 e. The fourth-order valence-corrected chi connectivity index (χ4v) is 2.61. The number of hydrogen-bond donors (Lipinski definition) is 2. The Balaban J connectivity index is 2.08. The van der Waals surface area contributed by atoms with Crippen molar-refractivity contribution in [3.63, 3.8) is 0 Å². The summed E-state index contributed by atoms with van der Waals surface area (Å²) in [4.78, 5) is 25.9. The maximum atomic E-state index is 12.4. The smallest absolute Gasteiger partial charge is 0.242 e. The van der Waals surface area contributed by atoms with Gasteiger partial charge in [-0.25, -0.2) is 0 Å². The summed E-state index contributed by atoms with van der Waals surface area (Å²) in [6, 6.07) is 6.30. The first-order chi connectivity index (χ1) is 9.61. The quantitative estimate of drug-likeness (QED) is 0.867. The topological polar surface area (TPSA) is 69.6 Å². The third-order valence-electron chi connectivity index (χ3n) is 3.64. The standard InChI is InChI=1S/C15H20N2O3/c1-16-15(20)13-7-2-3-8-17(13)14(19)10-11-5-4-6-12(18)9-11/h4-6,9,13,18H,2-3,7-8,10H2,1H3,(H,16,20)/t13-/m0/s1. The van der Waals surface area contributed by atoms with Gasteiger partial charge in [-0.15, -0.1) is 0 Å². The van der Waals surface area contributed by atoms with E-state index in [0.717, 1.165) is 18.4 Å². The Hall–Kier alpha value is -2.04. The van der Waals surface area contributed by atoms with E-state index in [1.165, 1.54) is 0 Å². The van der Waals surface area contributed by atoms with Crippen molar-refractivity contribution in [3.05, 3.63) is 29.8 Å². The lowest BCUT2D eigenvalue weighted by Crippen LogP contribution is -2.51. The first-order valence-electron chi connectivity index (χ1n) is 6.91. The molecule has 0 unspecified atom stereocenters. The molecular weight excluding hydrogens is 256 g/mol. The molecule has 1 saturated heterocycles. The SMILES string of the molecule is CNC(=O)[C@@H]1CCCCN1C(=O)Cc1cccc(O)c1. The number of carbonyl (C=O) groups excluding carboxylic acids is 2. The second-order valence-corrected chi connectivity index (χ2v) is 5.06. The van der Waals surface area contributed by atoms with Crippen LogP contribution in [0.15, 0.2) is 24.3 Å². The fraction of sp³-hybridized carbons (Fsp3) is 0.467. The highest BCUT2D eigenvalue weighted by molar-refractivity contribution is 5.88. The van der Waals surface area contributed by atoms with Gasteiger partial charge in [-0.2, -0.15) is 0 Å². The number of piperidine rings is 1. The van der Waals surface area contributed by atoms with E-state index in [-0.39, 0.29) is 30.0 Å². The molecule has 2 N–H and O–H groups in total. The van der Waals surface area contributed by atoms with E-state index in [1.807, 2.05) is 0 Å². The zero-order chi connectivity index (χ0) is 14.5. The summed E-state index contributed by atoms with van der Waals surface area (Å²) in [6.45, 7) is 0.621. The second-order valence-electron chi connectivity index (χ2n) is 5.06. The molecule has 20 heavy (non-hydrogen) atoms. The normalized spacial score (nSPS) is 18.6.